The first-order valence-corrected chi connectivity index (χ1v) is 10.4. The summed E-state index contributed by atoms with van der Waals surface area (Å²) in [6.07, 6.45) is 5.39. The summed E-state index contributed by atoms with van der Waals surface area (Å²) in [5, 5.41) is 18.2. The highest BCUT2D eigenvalue weighted by molar-refractivity contribution is 6.31. The van der Waals surface area contributed by atoms with Gasteiger partial charge in [0.2, 0.25) is 5.88 Å². The van der Waals surface area contributed by atoms with Gasteiger partial charge in [-0.05, 0) is 62.6 Å². The second kappa shape index (κ2) is 8.51. The van der Waals surface area contributed by atoms with Crippen LogP contribution in [0.15, 0.2) is 42.6 Å². The molecule has 2 heterocycles. The van der Waals surface area contributed by atoms with Crippen molar-refractivity contribution in [3.63, 3.8) is 0 Å². The standard InChI is InChI=1S/C22H26ClN5O/c1-27-13-16-12-17(23)7-10-19(16)28(20(24)14-27)22(25)15-5-8-18(9-6-15)29-21-4-2-3-11-26-21/h2-4,7,10-12,15,18,24-25H,5-6,8-9,13-14H2,1H3. The molecule has 7 heteroatoms. The van der Waals surface area contributed by atoms with Gasteiger partial charge in [0.15, 0.2) is 0 Å². The number of nitrogens with one attached hydrogen (secondary N) is 2. The topological polar surface area (TPSA) is 76.3 Å². The number of aromatic nitrogens is 1. The Bertz CT molecular complexity index is 895. The van der Waals surface area contributed by atoms with E-state index in [1.165, 1.54) is 0 Å². The van der Waals surface area contributed by atoms with Crippen LogP contribution in [0.5, 0.6) is 5.88 Å². The lowest BCUT2D eigenvalue weighted by molar-refractivity contribution is 0.138. The zero-order valence-electron chi connectivity index (χ0n) is 16.6. The van der Waals surface area contributed by atoms with E-state index in [1.807, 2.05) is 48.3 Å². The number of amidine groups is 2. The maximum atomic E-state index is 8.92. The van der Waals surface area contributed by atoms with Crippen molar-refractivity contribution >= 4 is 29.0 Å². The Hall–Kier alpha value is -2.44. The van der Waals surface area contributed by atoms with Crippen molar-refractivity contribution in [3.05, 3.63) is 53.2 Å². The molecule has 0 atom stereocenters. The number of likely N-dealkylation sites (N-methyl/N-ethyl adjacent to an activating group) is 1. The summed E-state index contributed by atoms with van der Waals surface area (Å²) in [6, 6.07) is 11.4. The Balaban J connectivity index is 1.47. The van der Waals surface area contributed by atoms with Gasteiger partial charge in [0.25, 0.3) is 0 Å². The molecule has 1 aromatic heterocycles. The Morgan fingerprint density at radius 3 is 2.66 bits per heavy atom. The average molecular weight is 412 g/mol. The largest absolute Gasteiger partial charge is 0.474 e. The second-order valence-electron chi connectivity index (χ2n) is 7.87. The molecule has 0 radical (unpaired) electrons. The highest BCUT2D eigenvalue weighted by Gasteiger charge is 2.32. The van der Waals surface area contributed by atoms with Crippen LogP contribution in [0.1, 0.15) is 31.2 Å². The van der Waals surface area contributed by atoms with Crippen LogP contribution in [0.4, 0.5) is 5.69 Å². The number of halogens is 1. The van der Waals surface area contributed by atoms with Crippen LogP contribution in [0.3, 0.4) is 0 Å². The van der Waals surface area contributed by atoms with E-state index >= 15 is 0 Å². The van der Waals surface area contributed by atoms with Crippen LogP contribution in [-0.2, 0) is 6.54 Å². The third kappa shape index (κ3) is 4.43. The van der Waals surface area contributed by atoms with Crippen molar-refractivity contribution in [1.82, 2.24) is 9.88 Å². The second-order valence-corrected chi connectivity index (χ2v) is 8.31. The highest BCUT2D eigenvalue weighted by Crippen LogP contribution is 2.33. The Labute approximate surface area is 176 Å². The van der Waals surface area contributed by atoms with Crippen LogP contribution in [-0.4, -0.2) is 41.3 Å². The maximum absolute atomic E-state index is 8.92. The minimum Gasteiger partial charge on any atom is -0.474 e. The lowest BCUT2D eigenvalue weighted by atomic mass is 9.85. The van der Waals surface area contributed by atoms with Crippen molar-refractivity contribution in [2.24, 2.45) is 5.92 Å². The normalized spacial score (nSPS) is 22.7. The fraction of sp³-hybridized carbons (Fsp3) is 0.409. The maximum Gasteiger partial charge on any atom is 0.213 e. The first-order valence-electron chi connectivity index (χ1n) is 10.0. The summed E-state index contributed by atoms with van der Waals surface area (Å²) in [4.78, 5) is 8.15. The number of nitrogens with zero attached hydrogens (tertiary/aromatic N) is 3. The van der Waals surface area contributed by atoms with E-state index in [0.717, 1.165) is 36.9 Å². The van der Waals surface area contributed by atoms with Crippen LogP contribution in [0.2, 0.25) is 5.02 Å². The van der Waals surface area contributed by atoms with Gasteiger partial charge in [-0.3, -0.25) is 20.6 Å². The van der Waals surface area contributed by atoms with Crippen LogP contribution < -0.4 is 9.64 Å². The number of fused-ring (bicyclic) bond motifs is 1. The number of anilines is 1. The number of rotatable bonds is 3. The third-order valence-corrected chi connectivity index (χ3v) is 5.87. The molecule has 2 aromatic rings. The average Bonchev–Trinajstić information content (AvgIpc) is 2.83. The summed E-state index contributed by atoms with van der Waals surface area (Å²) in [5.41, 5.74) is 1.96. The molecule has 4 rings (SSSR count). The van der Waals surface area contributed by atoms with Crippen molar-refractivity contribution in [3.8, 4) is 5.88 Å². The van der Waals surface area contributed by atoms with Crippen molar-refractivity contribution < 1.29 is 4.74 Å². The molecular weight excluding hydrogens is 386 g/mol. The number of hydrogen-bond donors (Lipinski definition) is 2. The molecule has 2 aliphatic rings. The summed E-state index contributed by atoms with van der Waals surface area (Å²) in [7, 11) is 1.99. The van der Waals surface area contributed by atoms with Gasteiger partial charge >= 0.3 is 0 Å². The molecule has 152 valence electrons. The summed E-state index contributed by atoms with van der Waals surface area (Å²) in [5.74, 6) is 1.72. The van der Waals surface area contributed by atoms with E-state index in [9.17, 15) is 0 Å². The smallest absolute Gasteiger partial charge is 0.213 e. The molecule has 1 aliphatic heterocycles. The SMILES string of the molecule is CN1CC(=N)N(C(=N)C2CCC(Oc3ccccn3)CC2)c2ccc(Cl)cc2C1. The summed E-state index contributed by atoms with van der Waals surface area (Å²) < 4.78 is 5.99. The van der Waals surface area contributed by atoms with Gasteiger partial charge < -0.3 is 4.74 Å². The van der Waals surface area contributed by atoms with E-state index < -0.39 is 0 Å². The first kappa shape index (κ1) is 19.9. The Kier molecular flexibility index (Phi) is 5.83. The van der Waals surface area contributed by atoms with Gasteiger partial charge in [0.05, 0.1) is 12.2 Å². The Morgan fingerprint density at radius 2 is 1.93 bits per heavy atom. The van der Waals surface area contributed by atoms with Crippen LogP contribution in [0, 0.1) is 16.7 Å². The monoisotopic (exact) mass is 411 g/mol. The van der Waals surface area contributed by atoms with Gasteiger partial charge in [-0.1, -0.05) is 17.7 Å². The molecule has 1 fully saturated rings. The van der Waals surface area contributed by atoms with Gasteiger partial charge in [0.1, 0.15) is 17.8 Å². The predicted octanol–water partition coefficient (Wildman–Crippen LogP) is 4.58. The molecular formula is C22H26ClN5O. The molecule has 0 spiro atoms. The van der Waals surface area contributed by atoms with Crippen LogP contribution in [0.25, 0.3) is 0 Å². The third-order valence-electron chi connectivity index (χ3n) is 5.64. The van der Waals surface area contributed by atoms with E-state index in [4.69, 9.17) is 27.2 Å². The van der Waals surface area contributed by atoms with Crippen molar-refractivity contribution in [2.75, 3.05) is 18.5 Å². The summed E-state index contributed by atoms with van der Waals surface area (Å²) >= 11 is 6.21. The molecule has 1 aromatic carbocycles. The number of pyridine rings is 1. The highest BCUT2D eigenvalue weighted by atomic mass is 35.5. The fourth-order valence-electron chi connectivity index (χ4n) is 4.22. The molecule has 0 saturated heterocycles. The minimum atomic E-state index is 0.117. The molecule has 1 aliphatic carbocycles. The lowest BCUT2D eigenvalue weighted by Crippen LogP contribution is -2.44. The number of hydrogen-bond acceptors (Lipinski definition) is 5. The molecule has 2 N–H and O–H groups in total. The van der Waals surface area contributed by atoms with Crippen LogP contribution >= 0.6 is 11.6 Å². The molecule has 0 amide bonds. The molecule has 1 saturated carbocycles. The molecule has 0 unspecified atom stereocenters. The van der Waals surface area contributed by atoms with Crippen molar-refractivity contribution in [1.29, 1.82) is 10.8 Å². The van der Waals surface area contributed by atoms with Gasteiger partial charge in [-0.15, -0.1) is 0 Å². The summed E-state index contributed by atoms with van der Waals surface area (Å²) in [6.45, 7) is 1.22. The van der Waals surface area contributed by atoms with Gasteiger partial charge in [-0.2, -0.15) is 0 Å². The number of ether oxygens (including phenoxy) is 1. The first-order chi connectivity index (χ1) is 14.0. The van der Waals surface area contributed by atoms with E-state index in [2.05, 4.69) is 9.88 Å². The van der Waals surface area contributed by atoms with E-state index in [0.29, 0.717) is 35.7 Å². The Morgan fingerprint density at radius 1 is 1.14 bits per heavy atom. The molecule has 6 nitrogen and oxygen atoms in total. The van der Waals surface area contributed by atoms with Gasteiger partial charge in [-0.25, -0.2) is 4.98 Å². The number of benzene rings is 1. The lowest BCUT2D eigenvalue weighted by Gasteiger charge is -2.34. The molecule has 0 bridgehead atoms. The fourth-order valence-corrected chi connectivity index (χ4v) is 4.41. The zero-order valence-corrected chi connectivity index (χ0v) is 17.3. The quantitative estimate of drug-likeness (QED) is 0.572. The van der Waals surface area contributed by atoms with Crippen molar-refractivity contribution in [2.45, 2.75) is 38.3 Å². The van der Waals surface area contributed by atoms with Gasteiger partial charge in [0, 0.05) is 29.7 Å². The molecule has 29 heavy (non-hydrogen) atoms. The minimum absolute atomic E-state index is 0.117. The zero-order chi connectivity index (χ0) is 20.4. The van der Waals surface area contributed by atoms with E-state index in [1.54, 1.807) is 6.20 Å². The van der Waals surface area contributed by atoms with E-state index in [-0.39, 0.29) is 12.0 Å². The predicted molar refractivity (Wildman–Crippen MR) is 116 cm³/mol.